The first-order valence-corrected chi connectivity index (χ1v) is 9.28. The van der Waals surface area contributed by atoms with Gasteiger partial charge in [0, 0.05) is 30.1 Å². The van der Waals surface area contributed by atoms with Gasteiger partial charge in [0.05, 0.1) is 30.3 Å². The van der Waals surface area contributed by atoms with Crippen LogP contribution in [0.25, 0.3) is 16.9 Å². The SMILES string of the molecule is C=CCn1cc(-c2cnc3c(Nc4cc(C5CC5)ns4)nccn23)cn1. The lowest BCUT2D eigenvalue weighted by Crippen LogP contribution is -1.97. The van der Waals surface area contributed by atoms with Crippen LogP contribution in [0.15, 0.2) is 49.7 Å². The van der Waals surface area contributed by atoms with Gasteiger partial charge in [0.2, 0.25) is 0 Å². The number of hydrogen-bond donors (Lipinski definition) is 1. The van der Waals surface area contributed by atoms with E-state index in [0.717, 1.165) is 27.7 Å². The van der Waals surface area contributed by atoms with Gasteiger partial charge in [-0.3, -0.25) is 9.08 Å². The van der Waals surface area contributed by atoms with Gasteiger partial charge in [-0.2, -0.15) is 9.47 Å². The molecule has 26 heavy (non-hydrogen) atoms. The predicted molar refractivity (Wildman–Crippen MR) is 102 cm³/mol. The lowest BCUT2D eigenvalue weighted by Gasteiger charge is -2.04. The summed E-state index contributed by atoms with van der Waals surface area (Å²) in [5.74, 6) is 1.37. The molecule has 8 heteroatoms. The molecule has 1 fully saturated rings. The fourth-order valence-electron chi connectivity index (χ4n) is 2.98. The maximum absolute atomic E-state index is 4.57. The predicted octanol–water partition coefficient (Wildman–Crippen LogP) is 3.86. The normalized spacial score (nSPS) is 14.0. The molecule has 4 aromatic rings. The Bertz CT molecular complexity index is 1090. The van der Waals surface area contributed by atoms with Gasteiger partial charge >= 0.3 is 0 Å². The van der Waals surface area contributed by atoms with E-state index in [1.807, 2.05) is 39.9 Å². The second-order valence-electron chi connectivity index (χ2n) is 6.37. The van der Waals surface area contributed by atoms with Crippen LogP contribution in [-0.2, 0) is 6.54 Å². The molecule has 7 nitrogen and oxygen atoms in total. The number of hydrogen-bond acceptors (Lipinski definition) is 6. The monoisotopic (exact) mass is 363 g/mol. The van der Waals surface area contributed by atoms with Crippen LogP contribution in [0.4, 0.5) is 10.8 Å². The summed E-state index contributed by atoms with van der Waals surface area (Å²) in [6.45, 7) is 4.43. The van der Waals surface area contributed by atoms with Crippen LogP contribution in [0.1, 0.15) is 24.5 Å². The molecule has 0 aromatic carbocycles. The van der Waals surface area contributed by atoms with Crippen LogP contribution < -0.4 is 5.32 Å². The Balaban J connectivity index is 1.48. The Morgan fingerprint density at radius 3 is 3.08 bits per heavy atom. The van der Waals surface area contributed by atoms with Gasteiger partial charge < -0.3 is 5.32 Å². The smallest absolute Gasteiger partial charge is 0.180 e. The minimum atomic E-state index is 0.649. The van der Waals surface area contributed by atoms with Gasteiger partial charge in [0.25, 0.3) is 0 Å². The average molecular weight is 363 g/mol. The number of nitrogens with zero attached hydrogens (tertiary/aromatic N) is 6. The average Bonchev–Trinajstić information content (AvgIpc) is 3.05. The van der Waals surface area contributed by atoms with Gasteiger partial charge in [0.15, 0.2) is 11.5 Å². The minimum absolute atomic E-state index is 0.649. The molecular weight excluding hydrogens is 346 g/mol. The number of fused-ring (bicyclic) bond motifs is 1. The van der Waals surface area contributed by atoms with E-state index in [0.29, 0.717) is 12.5 Å². The van der Waals surface area contributed by atoms with Crippen LogP contribution in [-0.4, -0.2) is 28.5 Å². The van der Waals surface area contributed by atoms with Crippen LogP contribution >= 0.6 is 11.5 Å². The Morgan fingerprint density at radius 2 is 2.23 bits per heavy atom. The first kappa shape index (κ1) is 15.3. The highest BCUT2D eigenvalue weighted by Crippen LogP contribution is 2.41. The molecule has 130 valence electrons. The van der Waals surface area contributed by atoms with E-state index in [4.69, 9.17) is 0 Å². The van der Waals surface area contributed by atoms with E-state index < -0.39 is 0 Å². The molecule has 5 rings (SSSR count). The fourth-order valence-corrected chi connectivity index (χ4v) is 3.71. The van der Waals surface area contributed by atoms with E-state index in [1.54, 1.807) is 6.20 Å². The van der Waals surface area contributed by atoms with Crippen molar-refractivity contribution < 1.29 is 0 Å². The second-order valence-corrected chi connectivity index (χ2v) is 7.17. The number of imidazole rings is 1. The molecule has 1 N–H and O–H groups in total. The second kappa shape index (κ2) is 6.06. The van der Waals surface area contributed by atoms with Crippen molar-refractivity contribution in [1.82, 2.24) is 28.5 Å². The maximum atomic E-state index is 4.57. The molecule has 1 aliphatic carbocycles. The topological polar surface area (TPSA) is 72.9 Å². The number of rotatable bonds is 6. The third kappa shape index (κ3) is 2.68. The lowest BCUT2D eigenvalue weighted by atomic mass is 10.3. The summed E-state index contributed by atoms with van der Waals surface area (Å²) in [5, 5.41) is 8.71. The molecule has 0 bridgehead atoms. The van der Waals surface area contributed by atoms with Crippen LogP contribution in [0, 0.1) is 0 Å². The largest absolute Gasteiger partial charge is 0.328 e. The van der Waals surface area contributed by atoms with E-state index in [-0.39, 0.29) is 0 Å². The molecule has 0 unspecified atom stereocenters. The molecule has 1 aliphatic rings. The zero-order valence-corrected chi connectivity index (χ0v) is 14.9. The van der Waals surface area contributed by atoms with Crippen molar-refractivity contribution in [2.24, 2.45) is 0 Å². The van der Waals surface area contributed by atoms with E-state index in [2.05, 4.69) is 37.4 Å². The van der Waals surface area contributed by atoms with E-state index >= 15 is 0 Å². The quantitative estimate of drug-likeness (QED) is 0.527. The van der Waals surface area contributed by atoms with Crippen molar-refractivity contribution in [1.29, 1.82) is 0 Å². The summed E-state index contributed by atoms with van der Waals surface area (Å²) in [7, 11) is 0. The summed E-state index contributed by atoms with van der Waals surface area (Å²) < 4.78 is 8.40. The minimum Gasteiger partial charge on any atom is -0.328 e. The number of nitrogens with one attached hydrogen (secondary N) is 1. The Hall–Kier alpha value is -3.00. The van der Waals surface area contributed by atoms with Gasteiger partial charge in [-0.05, 0) is 30.4 Å². The lowest BCUT2D eigenvalue weighted by molar-refractivity contribution is 0.703. The van der Waals surface area contributed by atoms with Crippen LogP contribution in [0.5, 0.6) is 0 Å². The maximum Gasteiger partial charge on any atom is 0.180 e. The van der Waals surface area contributed by atoms with Crippen molar-refractivity contribution in [3.8, 4) is 11.3 Å². The molecule has 0 aliphatic heterocycles. The van der Waals surface area contributed by atoms with E-state index in [1.165, 1.54) is 30.1 Å². The molecular formula is C18H17N7S. The Morgan fingerprint density at radius 1 is 1.31 bits per heavy atom. The molecule has 0 amide bonds. The first-order chi connectivity index (χ1) is 12.8. The van der Waals surface area contributed by atoms with Gasteiger partial charge in [-0.25, -0.2) is 9.97 Å². The van der Waals surface area contributed by atoms with Crippen molar-refractivity contribution in [2.75, 3.05) is 5.32 Å². The molecule has 0 atom stereocenters. The van der Waals surface area contributed by atoms with Crippen molar-refractivity contribution >= 4 is 28.0 Å². The zero-order chi connectivity index (χ0) is 17.5. The third-order valence-corrected chi connectivity index (χ3v) is 5.16. The highest BCUT2D eigenvalue weighted by Gasteiger charge is 2.26. The van der Waals surface area contributed by atoms with Crippen LogP contribution in [0.2, 0.25) is 0 Å². The molecule has 0 spiro atoms. The molecule has 4 aromatic heterocycles. The number of anilines is 2. The third-order valence-electron chi connectivity index (χ3n) is 4.44. The highest BCUT2D eigenvalue weighted by atomic mass is 32.1. The Labute approximate surface area is 154 Å². The molecule has 4 heterocycles. The summed E-state index contributed by atoms with van der Waals surface area (Å²) in [6, 6.07) is 2.12. The van der Waals surface area contributed by atoms with Crippen LogP contribution in [0.3, 0.4) is 0 Å². The van der Waals surface area contributed by atoms with Crippen molar-refractivity contribution in [2.45, 2.75) is 25.3 Å². The number of aromatic nitrogens is 6. The Kier molecular flexibility index (Phi) is 3.56. The molecule has 0 radical (unpaired) electrons. The fraction of sp³-hybridized carbons (Fsp3) is 0.222. The summed E-state index contributed by atoms with van der Waals surface area (Å²) >= 11 is 1.47. The first-order valence-electron chi connectivity index (χ1n) is 8.51. The summed E-state index contributed by atoms with van der Waals surface area (Å²) in [6.07, 6.45) is 13.7. The summed E-state index contributed by atoms with van der Waals surface area (Å²) in [4.78, 5) is 9.03. The van der Waals surface area contributed by atoms with Gasteiger partial charge in [-0.15, -0.1) is 6.58 Å². The summed E-state index contributed by atoms with van der Waals surface area (Å²) in [5.41, 5.74) is 3.94. The van der Waals surface area contributed by atoms with Gasteiger partial charge in [0.1, 0.15) is 5.00 Å². The van der Waals surface area contributed by atoms with E-state index in [9.17, 15) is 0 Å². The van der Waals surface area contributed by atoms with Gasteiger partial charge in [-0.1, -0.05) is 6.08 Å². The standard InChI is InChI=1S/C18H17N7S/c1-2-6-24-11-13(9-21-24)15-10-20-18-17(19-5-7-25(15)18)22-16-8-14(23-26-16)12-3-4-12/h2,5,7-12H,1,3-4,6H2,(H,19,22). The molecule has 0 saturated heterocycles. The number of allylic oxidation sites excluding steroid dienone is 1. The van der Waals surface area contributed by atoms with Crippen molar-refractivity contribution in [3.63, 3.8) is 0 Å². The zero-order valence-electron chi connectivity index (χ0n) is 14.0. The molecule has 1 saturated carbocycles. The van der Waals surface area contributed by atoms with Crippen molar-refractivity contribution in [3.05, 3.63) is 55.4 Å². The highest BCUT2D eigenvalue weighted by molar-refractivity contribution is 7.10.